The van der Waals surface area contributed by atoms with Crippen molar-refractivity contribution in [2.75, 3.05) is 0 Å². The van der Waals surface area contributed by atoms with E-state index in [0.717, 1.165) is 31.8 Å². The van der Waals surface area contributed by atoms with Crippen molar-refractivity contribution in [3.05, 3.63) is 12.2 Å². The minimum absolute atomic E-state index is 0.0127. The summed E-state index contributed by atoms with van der Waals surface area (Å²) in [7, 11) is 0. The van der Waals surface area contributed by atoms with Gasteiger partial charge in [0.25, 0.3) is 5.60 Å². The molecule has 2 saturated carbocycles. The third-order valence-electron chi connectivity index (χ3n) is 8.27. The van der Waals surface area contributed by atoms with Crippen molar-refractivity contribution in [1.82, 2.24) is 0 Å². The molecular weight excluding hydrogens is 450 g/mol. The van der Waals surface area contributed by atoms with Gasteiger partial charge < -0.3 is 15.3 Å². The summed E-state index contributed by atoms with van der Waals surface area (Å²) in [6.07, 6.45) is -6.29. The van der Waals surface area contributed by atoms with E-state index in [9.17, 15) is 41.7 Å². The monoisotopic (exact) mass is 488 g/mol. The molecule has 0 aromatic rings. The van der Waals surface area contributed by atoms with Gasteiger partial charge in [-0.05, 0) is 87.5 Å². The maximum Gasteiger partial charge on any atom is 0.429 e. The number of halogens is 6. The Morgan fingerprint density at radius 1 is 0.909 bits per heavy atom. The van der Waals surface area contributed by atoms with Crippen LogP contribution in [-0.2, 0) is 0 Å². The Labute approximate surface area is 192 Å². The Hall–Kier alpha value is -0.800. The molecule has 3 nitrogen and oxygen atoms in total. The second-order valence-electron chi connectivity index (χ2n) is 11.4. The molecule has 0 aromatic heterocycles. The van der Waals surface area contributed by atoms with Crippen LogP contribution in [0.4, 0.5) is 26.3 Å². The van der Waals surface area contributed by atoms with E-state index in [0.29, 0.717) is 25.7 Å². The minimum atomic E-state index is -5.89. The van der Waals surface area contributed by atoms with E-state index in [1.807, 2.05) is 6.92 Å². The minimum Gasteiger partial charge on any atom is -0.393 e. The largest absolute Gasteiger partial charge is 0.429 e. The lowest BCUT2D eigenvalue weighted by Crippen LogP contribution is -2.55. The van der Waals surface area contributed by atoms with Crippen molar-refractivity contribution < 1.29 is 41.7 Å². The number of hydrogen-bond acceptors (Lipinski definition) is 3. The number of fused-ring (bicyclic) bond motifs is 1. The van der Waals surface area contributed by atoms with Gasteiger partial charge in [-0.15, -0.1) is 0 Å². The molecule has 0 bridgehead atoms. The lowest BCUT2D eigenvalue weighted by molar-refractivity contribution is -0.347. The van der Waals surface area contributed by atoms with Crippen LogP contribution in [0.5, 0.6) is 0 Å². The number of allylic oxidation sites excluding steroid dienone is 1. The summed E-state index contributed by atoms with van der Waals surface area (Å²) in [5.41, 5.74) is -6.76. The summed E-state index contributed by atoms with van der Waals surface area (Å²) in [6, 6.07) is 0. The zero-order valence-corrected chi connectivity index (χ0v) is 19.9. The molecule has 0 amide bonds. The van der Waals surface area contributed by atoms with Gasteiger partial charge in [-0.3, -0.25) is 0 Å². The van der Waals surface area contributed by atoms with Gasteiger partial charge >= 0.3 is 12.4 Å². The van der Waals surface area contributed by atoms with E-state index in [-0.39, 0.29) is 29.7 Å². The normalized spacial score (nSPS) is 31.6. The van der Waals surface area contributed by atoms with E-state index >= 15 is 0 Å². The maximum absolute atomic E-state index is 13.1. The van der Waals surface area contributed by atoms with Crippen molar-refractivity contribution in [1.29, 1.82) is 0 Å². The van der Waals surface area contributed by atoms with Gasteiger partial charge in [-0.1, -0.05) is 32.8 Å². The number of hydrogen-bond donors (Lipinski definition) is 3. The van der Waals surface area contributed by atoms with Crippen LogP contribution in [-0.4, -0.2) is 45.0 Å². The molecule has 2 aliphatic rings. The molecule has 194 valence electrons. The molecule has 33 heavy (non-hydrogen) atoms. The van der Waals surface area contributed by atoms with Gasteiger partial charge in [0.1, 0.15) is 0 Å². The molecule has 0 aliphatic heterocycles. The van der Waals surface area contributed by atoms with Crippen LogP contribution < -0.4 is 0 Å². The second-order valence-corrected chi connectivity index (χ2v) is 11.4. The zero-order valence-electron chi connectivity index (χ0n) is 19.9. The van der Waals surface area contributed by atoms with Crippen molar-refractivity contribution >= 4 is 0 Å². The fourth-order valence-electron chi connectivity index (χ4n) is 6.49. The Balaban J connectivity index is 2.35. The van der Waals surface area contributed by atoms with Gasteiger partial charge in [0.15, 0.2) is 0 Å². The Morgan fingerprint density at radius 2 is 1.48 bits per heavy atom. The van der Waals surface area contributed by atoms with Crippen LogP contribution >= 0.6 is 0 Å². The fourth-order valence-corrected chi connectivity index (χ4v) is 6.49. The molecule has 0 saturated heterocycles. The summed E-state index contributed by atoms with van der Waals surface area (Å²) in [4.78, 5) is 0. The van der Waals surface area contributed by atoms with Crippen LogP contribution in [0.1, 0.15) is 85.5 Å². The van der Waals surface area contributed by atoms with E-state index in [4.69, 9.17) is 0 Å². The molecule has 0 heterocycles. The van der Waals surface area contributed by atoms with E-state index in [2.05, 4.69) is 6.92 Å². The van der Waals surface area contributed by atoms with Gasteiger partial charge in [-0.25, -0.2) is 0 Å². The summed E-state index contributed by atoms with van der Waals surface area (Å²) in [5.74, 6) is 0.0393. The first kappa shape index (κ1) is 28.4. The van der Waals surface area contributed by atoms with Crippen LogP contribution in [0.15, 0.2) is 12.2 Å². The van der Waals surface area contributed by atoms with E-state index < -0.39 is 35.1 Å². The van der Waals surface area contributed by atoms with Gasteiger partial charge in [0.05, 0.1) is 11.7 Å². The molecular formula is C24H38F6O3. The van der Waals surface area contributed by atoms with E-state index in [1.165, 1.54) is 0 Å². The van der Waals surface area contributed by atoms with Crippen molar-refractivity contribution in [3.8, 4) is 0 Å². The first-order chi connectivity index (χ1) is 14.8. The van der Waals surface area contributed by atoms with Crippen molar-refractivity contribution in [2.24, 2.45) is 22.7 Å². The highest BCUT2D eigenvalue weighted by Crippen LogP contribution is 2.62. The molecule has 2 fully saturated rings. The van der Waals surface area contributed by atoms with E-state index in [1.54, 1.807) is 13.8 Å². The van der Waals surface area contributed by atoms with Crippen LogP contribution in [0, 0.1) is 22.7 Å². The number of alkyl halides is 6. The summed E-state index contributed by atoms with van der Waals surface area (Å²) in [5, 5.41) is 30.1. The SMILES string of the molecule is CC(C)(O)CCC[C@](C)(CC=CC(O)(C(F)(F)F)C(F)(F)F)[C@H]1CC[C@H]2[C@@H](O)CCC[C@]12C. The summed E-state index contributed by atoms with van der Waals surface area (Å²) < 4.78 is 78.6. The number of aliphatic hydroxyl groups is 3. The molecule has 0 spiro atoms. The standard InChI is InChI=1S/C24H38F6O3/c1-19(2,32)11-6-12-20(3,13-7-15-22(33,23(25,26)27)24(28,29)30)18-10-9-16-17(31)8-5-14-21(16,18)4/h7,15-18,31-33H,5-6,8-14H2,1-4H3/t16-,17-,18+,20+,21-/m0/s1. The first-order valence-electron chi connectivity index (χ1n) is 11.7. The smallest absolute Gasteiger partial charge is 0.393 e. The Kier molecular flexibility index (Phi) is 8.05. The number of rotatable bonds is 8. The van der Waals surface area contributed by atoms with Crippen LogP contribution in [0.3, 0.4) is 0 Å². The summed E-state index contributed by atoms with van der Waals surface area (Å²) in [6.45, 7) is 7.27. The second kappa shape index (κ2) is 9.34. The highest BCUT2D eigenvalue weighted by Gasteiger charge is 2.69. The highest BCUT2D eigenvalue weighted by molar-refractivity contribution is 5.13. The molecule has 3 N–H and O–H groups in total. The predicted molar refractivity (Wildman–Crippen MR) is 113 cm³/mol. The molecule has 0 radical (unpaired) electrons. The molecule has 0 aromatic carbocycles. The Morgan fingerprint density at radius 3 is 2.00 bits per heavy atom. The van der Waals surface area contributed by atoms with Gasteiger partial charge in [0.2, 0.25) is 0 Å². The highest BCUT2D eigenvalue weighted by atomic mass is 19.4. The molecule has 5 atom stereocenters. The molecule has 9 heteroatoms. The van der Waals surface area contributed by atoms with Crippen LogP contribution in [0.25, 0.3) is 0 Å². The first-order valence-corrected chi connectivity index (χ1v) is 11.7. The third-order valence-corrected chi connectivity index (χ3v) is 8.27. The average molecular weight is 489 g/mol. The average Bonchev–Trinajstić information content (AvgIpc) is 2.97. The quantitative estimate of drug-likeness (QED) is 0.277. The lowest BCUT2D eigenvalue weighted by atomic mass is 9.56. The third kappa shape index (κ3) is 5.89. The van der Waals surface area contributed by atoms with Gasteiger partial charge in [0, 0.05) is 0 Å². The molecule has 2 rings (SSSR count). The fraction of sp³-hybridized carbons (Fsp3) is 0.917. The van der Waals surface area contributed by atoms with Crippen molar-refractivity contribution in [3.63, 3.8) is 0 Å². The van der Waals surface area contributed by atoms with Gasteiger partial charge in [-0.2, -0.15) is 26.3 Å². The predicted octanol–water partition coefficient (Wildman–Crippen LogP) is 6.31. The topological polar surface area (TPSA) is 60.7 Å². The summed E-state index contributed by atoms with van der Waals surface area (Å²) >= 11 is 0. The zero-order chi connectivity index (χ0) is 25.5. The molecule has 0 unspecified atom stereocenters. The Bertz CT molecular complexity index is 682. The number of aliphatic hydroxyl groups excluding tert-OH is 1. The maximum atomic E-state index is 13.1. The lowest BCUT2D eigenvalue weighted by Gasteiger charge is -2.50. The van der Waals surface area contributed by atoms with Crippen LogP contribution in [0.2, 0.25) is 0 Å². The van der Waals surface area contributed by atoms with Crippen molar-refractivity contribution in [2.45, 2.75) is 115 Å². The molecule has 2 aliphatic carbocycles.